The minimum absolute atomic E-state index is 0.0784. The van der Waals surface area contributed by atoms with Crippen LogP contribution in [0.25, 0.3) is 0 Å². The predicted octanol–water partition coefficient (Wildman–Crippen LogP) is 1.74. The Morgan fingerprint density at radius 3 is 2.76 bits per heavy atom. The standard InChI is InChI=1S/C18H21N3O4/c1-11-4-5-16(25-11)14-9-21(10-15(14)20-12(2)22)18(23)13-6-7-19-17(8-13)24-3/h4-8,14-15H,9-10H2,1-3H3,(H,20,22)/t14-,15-/m0/s1. The first-order chi connectivity index (χ1) is 12.0. The van der Waals surface area contributed by atoms with Crippen molar-refractivity contribution in [1.82, 2.24) is 15.2 Å². The molecule has 1 N–H and O–H groups in total. The van der Waals surface area contributed by atoms with Crippen LogP contribution in [0.3, 0.4) is 0 Å². The van der Waals surface area contributed by atoms with E-state index in [1.54, 1.807) is 23.2 Å². The van der Waals surface area contributed by atoms with Crippen LogP contribution in [0.4, 0.5) is 0 Å². The lowest BCUT2D eigenvalue weighted by atomic mass is 10.0. The molecule has 1 saturated heterocycles. The van der Waals surface area contributed by atoms with Gasteiger partial charge in [0.05, 0.1) is 19.1 Å². The zero-order valence-electron chi connectivity index (χ0n) is 14.5. The second-order valence-electron chi connectivity index (χ2n) is 6.16. The number of hydrogen-bond acceptors (Lipinski definition) is 5. The number of furan rings is 1. The normalized spacial score (nSPS) is 19.7. The summed E-state index contributed by atoms with van der Waals surface area (Å²) < 4.78 is 10.8. The van der Waals surface area contributed by atoms with Crippen molar-refractivity contribution in [3.8, 4) is 5.88 Å². The number of methoxy groups -OCH3 is 1. The van der Waals surface area contributed by atoms with E-state index in [0.29, 0.717) is 24.5 Å². The van der Waals surface area contributed by atoms with Crippen LogP contribution < -0.4 is 10.1 Å². The van der Waals surface area contributed by atoms with Gasteiger partial charge < -0.3 is 19.4 Å². The lowest BCUT2D eigenvalue weighted by Crippen LogP contribution is -2.39. The van der Waals surface area contributed by atoms with Gasteiger partial charge >= 0.3 is 0 Å². The van der Waals surface area contributed by atoms with Gasteiger partial charge in [0.2, 0.25) is 11.8 Å². The highest BCUT2D eigenvalue weighted by atomic mass is 16.5. The van der Waals surface area contributed by atoms with Crippen molar-refractivity contribution in [1.29, 1.82) is 0 Å². The van der Waals surface area contributed by atoms with Crippen LogP contribution in [0.2, 0.25) is 0 Å². The molecule has 2 aromatic rings. The van der Waals surface area contributed by atoms with Gasteiger partial charge in [-0.05, 0) is 25.1 Å². The third-order valence-electron chi connectivity index (χ3n) is 4.31. The van der Waals surface area contributed by atoms with Crippen molar-refractivity contribution in [2.75, 3.05) is 20.2 Å². The highest BCUT2D eigenvalue weighted by Crippen LogP contribution is 2.30. The van der Waals surface area contributed by atoms with Crippen LogP contribution in [0, 0.1) is 6.92 Å². The lowest BCUT2D eigenvalue weighted by Gasteiger charge is -2.17. The van der Waals surface area contributed by atoms with Gasteiger partial charge in [-0.3, -0.25) is 9.59 Å². The molecule has 0 aromatic carbocycles. The number of aryl methyl sites for hydroxylation is 1. The number of pyridine rings is 1. The molecule has 0 aliphatic carbocycles. The molecule has 3 heterocycles. The molecule has 1 fully saturated rings. The second-order valence-corrected chi connectivity index (χ2v) is 6.16. The maximum Gasteiger partial charge on any atom is 0.254 e. The van der Waals surface area contributed by atoms with Gasteiger partial charge in [-0.1, -0.05) is 0 Å². The van der Waals surface area contributed by atoms with E-state index in [4.69, 9.17) is 9.15 Å². The fraction of sp³-hybridized carbons (Fsp3) is 0.389. The first-order valence-electron chi connectivity index (χ1n) is 8.10. The SMILES string of the molecule is COc1cc(C(=O)N2C[C@H](NC(C)=O)[C@@H](c3ccc(C)o3)C2)ccn1. The lowest BCUT2D eigenvalue weighted by molar-refractivity contribution is -0.119. The van der Waals surface area contributed by atoms with Gasteiger partial charge in [-0.15, -0.1) is 0 Å². The van der Waals surface area contributed by atoms with E-state index >= 15 is 0 Å². The molecule has 7 nitrogen and oxygen atoms in total. The average Bonchev–Trinajstić information content (AvgIpc) is 3.20. The molecule has 3 rings (SSSR count). The number of nitrogens with zero attached hydrogens (tertiary/aromatic N) is 2. The zero-order valence-corrected chi connectivity index (χ0v) is 14.5. The molecule has 0 saturated carbocycles. The number of carbonyl (C=O) groups excluding carboxylic acids is 2. The van der Waals surface area contributed by atoms with Gasteiger partial charge in [0.25, 0.3) is 5.91 Å². The molecular weight excluding hydrogens is 322 g/mol. The molecule has 2 aromatic heterocycles. The number of likely N-dealkylation sites (tertiary alicyclic amines) is 1. The van der Waals surface area contributed by atoms with E-state index < -0.39 is 0 Å². The predicted molar refractivity (Wildman–Crippen MR) is 90.5 cm³/mol. The maximum atomic E-state index is 12.8. The summed E-state index contributed by atoms with van der Waals surface area (Å²) in [5, 5.41) is 2.93. The van der Waals surface area contributed by atoms with E-state index in [2.05, 4.69) is 10.3 Å². The van der Waals surface area contributed by atoms with Gasteiger partial charge in [-0.25, -0.2) is 4.98 Å². The van der Waals surface area contributed by atoms with Crippen LogP contribution in [-0.2, 0) is 4.79 Å². The molecule has 1 aliphatic heterocycles. The third kappa shape index (κ3) is 3.65. The molecule has 0 spiro atoms. The van der Waals surface area contributed by atoms with Crippen LogP contribution in [-0.4, -0.2) is 47.9 Å². The van der Waals surface area contributed by atoms with E-state index in [0.717, 1.165) is 11.5 Å². The molecule has 0 unspecified atom stereocenters. The van der Waals surface area contributed by atoms with Crippen LogP contribution in [0.5, 0.6) is 5.88 Å². The molecule has 25 heavy (non-hydrogen) atoms. The molecule has 0 radical (unpaired) electrons. The summed E-state index contributed by atoms with van der Waals surface area (Å²) in [5.74, 6) is 1.64. The minimum Gasteiger partial charge on any atom is -0.481 e. The Kier molecular flexibility index (Phi) is 4.74. The van der Waals surface area contributed by atoms with Crippen molar-refractivity contribution in [2.24, 2.45) is 0 Å². The smallest absolute Gasteiger partial charge is 0.254 e. The molecular formula is C18H21N3O4. The van der Waals surface area contributed by atoms with Gasteiger partial charge in [0.15, 0.2) is 0 Å². The Hall–Kier alpha value is -2.83. The number of nitrogens with one attached hydrogen (secondary N) is 1. The zero-order chi connectivity index (χ0) is 18.0. The molecule has 132 valence electrons. The fourth-order valence-electron chi connectivity index (χ4n) is 3.15. The second kappa shape index (κ2) is 6.96. The van der Waals surface area contributed by atoms with Gasteiger partial charge in [0.1, 0.15) is 11.5 Å². The molecule has 7 heteroatoms. The van der Waals surface area contributed by atoms with Crippen molar-refractivity contribution in [2.45, 2.75) is 25.8 Å². The molecule has 2 atom stereocenters. The summed E-state index contributed by atoms with van der Waals surface area (Å²) >= 11 is 0. The summed E-state index contributed by atoms with van der Waals surface area (Å²) in [5.41, 5.74) is 0.504. The fourth-order valence-corrected chi connectivity index (χ4v) is 3.15. The Balaban J connectivity index is 1.82. The Morgan fingerprint density at radius 2 is 2.12 bits per heavy atom. The van der Waals surface area contributed by atoms with Crippen LogP contribution >= 0.6 is 0 Å². The number of hydrogen-bond donors (Lipinski definition) is 1. The Labute approximate surface area is 146 Å². The Bertz CT molecular complexity index is 786. The molecule has 2 amide bonds. The maximum absolute atomic E-state index is 12.8. The van der Waals surface area contributed by atoms with E-state index in [-0.39, 0.29) is 23.8 Å². The number of amides is 2. The number of ether oxygens (including phenoxy) is 1. The summed E-state index contributed by atoms with van der Waals surface area (Å²) in [6.45, 7) is 4.25. The topological polar surface area (TPSA) is 84.7 Å². The largest absolute Gasteiger partial charge is 0.481 e. The van der Waals surface area contributed by atoms with Gasteiger partial charge in [0, 0.05) is 37.8 Å². The monoisotopic (exact) mass is 343 g/mol. The average molecular weight is 343 g/mol. The highest BCUT2D eigenvalue weighted by molar-refractivity contribution is 5.94. The third-order valence-corrected chi connectivity index (χ3v) is 4.31. The number of aromatic nitrogens is 1. The summed E-state index contributed by atoms with van der Waals surface area (Å²) in [6, 6.07) is 6.87. The van der Waals surface area contributed by atoms with Crippen molar-refractivity contribution in [3.05, 3.63) is 47.5 Å². The first kappa shape index (κ1) is 17.0. The minimum atomic E-state index is -0.185. The van der Waals surface area contributed by atoms with E-state index in [9.17, 15) is 9.59 Å². The summed E-state index contributed by atoms with van der Waals surface area (Å²) in [4.78, 5) is 30.1. The van der Waals surface area contributed by atoms with Crippen LogP contribution in [0.1, 0.15) is 34.7 Å². The summed E-state index contributed by atoms with van der Waals surface area (Å²) in [7, 11) is 1.51. The van der Waals surface area contributed by atoms with Crippen LogP contribution in [0.15, 0.2) is 34.9 Å². The first-order valence-corrected chi connectivity index (χ1v) is 8.10. The number of carbonyl (C=O) groups is 2. The van der Waals surface area contributed by atoms with Crippen molar-refractivity contribution >= 4 is 11.8 Å². The van der Waals surface area contributed by atoms with Gasteiger partial charge in [-0.2, -0.15) is 0 Å². The highest BCUT2D eigenvalue weighted by Gasteiger charge is 2.38. The molecule has 0 bridgehead atoms. The van der Waals surface area contributed by atoms with E-state index in [1.165, 1.54) is 14.0 Å². The quantitative estimate of drug-likeness (QED) is 0.914. The summed E-state index contributed by atoms with van der Waals surface area (Å²) in [6.07, 6.45) is 1.54. The van der Waals surface area contributed by atoms with E-state index in [1.807, 2.05) is 19.1 Å². The van der Waals surface area contributed by atoms with Crippen molar-refractivity contribution in [3.63, 3.8) is 0 Å². The number of rotatable bonds is 4. The molecule has 1 aliphatic rings. The van der Waals surface area contributed by atoms with Crippen molar-refractivity contribution < 1.29 is 18.7 Å². The Morgan fingerprint density at radius 1 is 1.32 bits per heavy atom.